The van der Waals surface area contributed by atoms with E-state index in [1.54, 1.807) is 6.92 Å². The molecule has 0 heterocycles. The minimum absolute atomic E-state index is 0.0501. The molecule has 2 amide bonds. The van der Waals surface area contributed by atoms with Gasteiger partial charge in [-0.2, -0.15) is 0 Å². The molecule has 1 atom stereocenters. The van der Waals surface area contributed by atoms with Gasteiger partial charge < -0.3 is 15.4 Å². The van der Waals surface area contributed by atoms with E-state index in [2.05, 4.69) is 10.6 Å². The Morgan fingerprint density at radius 1 is 1.16 bits per heavy atom. The van der Waals surface area contributed by atoms with Crippen molar-refractivity contribution in [3.63, 3.8) is 0 Å². The van der Waals surface area contributed by atoms with Gasteiger partial charge in [-0.25, -0.2) is 0 Å². The second-order valence-corrected chi connectivity index (χ2v) is 5.00. The first-order valence-electron chi connectivity index (χ1n) is 6.59. The van der Waals surface area contributed by atoms with Crippen molar-refractivity contribution in [2.45, 2.75) is 51.6 Å². The Kier molecular flexibility index (Phi) is 5.79. The summed E-state index contributed by atoms with van der Waals surface area (Å²) in [6.07, 6.45) is 2.98. The first-order valence-corrected chi connectivity index (χ1v) is 6.59. The molecule has 1 aliphatic rings. The molecular formula is C13H22N2O4. The maximum atomic E-state index is 11.8. The zero-order chi connectivity index (χ0) is 14.4. The van der Waals surface area contributed by atoms with Crippen LogP contribution in [-0.2, 0) is 19.1 Å². The lowest BCUT2D eigenvalue weighted by Gasteiger charge is -2.28. The number of hydrogen-bond acceptors (Lipinski definition) is 4. The Bertz CT molecular complexity index is 349. The molecule has 1 saturated carbocycles. The van der Waals surface area contributed by atoms with Gasteiger partial charge in [0.15, 0.2) is 0 Å². The van der Waals surface area contributed by atoms with Crippen molar-refractivity contribution in [1.82, 2.24) is 10.6 Å². The normalized spacial score (nSPS) is 24.2. The van der Waals surface area contributed by atoms with Crippen LogP contribution in [-0.4, -0.2) is 37.0 Å². The van der Waals surface area contributed by atoms with Crippen LogP contribution >= 0.6 is 0 Å². The zero-order valence-electron chi connectivity index (χ0n) is 11.7. The summed E-state index contributed by atoms with van der Waals surface area (Å²) in [5.41, 5.74) is 0. The molecule has 0 saturated heterocycles. The Morgan fingerprint density at radius 3 is 2.21 bits per heavy atom. The summed E-state index contributed by atoms with van der Waals surface area (Å²) < 4.78 is 4.71. The summed E-state index contributed by atoms with van der Waals surface area (Å²) in [7, 11) is 1.39. The lowest BCUT2D eigenvalue weighted by atomic mass is 9.86. The second-order valence-electron chi connectivity index (χ2n) is 5.00. The van der Waals surface area contributed by atoms with E-state index in [9.17, 15) is 14.4 Å². The number of carbonyl (C=O) groups excluding carboxylic acids is 3. The number of amides is 2. The Labute approximate surface area is 113 Å². The van der Waals surface area contributed by atoms with E-state index < -0.39 is 6.04 Å². The van der Waals surface area contributed by atoms with Crippen LogP contribution in [0.5, 0.6) is 0 Å². The molecule has 6 heteroatoms. The van der Waals surface area contributed by atoms with Crippen molar-refractivity contribution in [1.29, 1.82) is 0 Å². The predicted octanol–water partition coefficient (Wildman–Crippen LogP) is 0.359. The zero-order valence-corrected chi connectivity index (χ0v) is 11.7. The van der Waals surface area contributed by atoms with Crippen molar-refractivity contribution in [3.8, 4) is 0 Å². The van der Waals surface area contributed by atoms with Crippen molar-refractivity contribution < 1.29 is 19.1 Å². The number of esters is 1. The molecule has 108 valence electrons. The highest BCUT2D eigenvalue weighted by molar-refractivity contribution is 5.86. The minimum atomic E-state index is -0.532. The maximum Gasteiger partial charge on any atom is 0.308 e. The van der Waals surface area contributed by atoms with Crippen LogP contribution in [0.25, 0.3) is 0 Å². The molecule has 0 radical (unpaired) electrons. The fourth-order valence-corrected chi connectivity index (χ4v) is 2.34. The molecule has 0 bridgehead atoms. The third kappa shape index (κ3) is 4.89. The van der Waals surface area contributed by atoms with Gasteiger partial charge in [0.25, 0.3) is 0 Å². The lowest BCUT2D eigenvalue weighted by Crippen LogP contribution is -2.48. The summed E-state index contributed by atoms with van der Waals surface area (Å²) in [5.74, 6) is -0.629. The van der Waals surface area contributed by atoms with Crippen LogP contribution in [0.4, 0.5) is 0 Å². The van der Waals surface area contributed by atoms with E-state index >= 15 is 0 Å². The van der Waals surface area contributed by atoms with Crippen LogP contribution < -0.4 is 10.6 Å². The topological polar surface area (TPSA) is 84.5 Å². The third-order valence-corrected chi connectivity index (χ3v) is 3.42. The largest absolute Gasteiger partial charge is 0.469 e. The summed E-state index contributed by atoms with van der Waals surface area (Å²) in [5, 5.41) is 5.44. The molecule has 1 rings (SSSR count). The number of carbonyl (C=O) groups is 3. The monoisotopic (exact) mass is 270 g/mol. The van der Waals surface area contributed by atoms with Crippen LogP contribution in [0.2, 0.25) is 0 Å². The van der Waals surface area contributed by atoms with E-state index in [0.29, 0.717) is 0 Å². The molecular weight excluding hydrogens is 248 g/mol. The second kappa shape index (κ2) is 7.11. The van der Waals surface area contributed by atoms with E-state index in [0.717, 1.165) is 25.7 Å². The molecule has 19 heavy (non-hydrogen) atoms. The highest BCUT2D eigenvalue weighted by Gasteiger charge is 2.28. The highest BCUT2D eigenvalue weighted by Crippen LogP contribution is 2.25. The Hall–Kier alpha value is -1.59. The predicted molar refractivity (Wildman–Crippen MR) is 69.2 cm³/mol. The van der Waals surface area contributed by atoms with E-state index in [1.807, 2.05) is 0 Å². The maximum absolute atomic E-state index is 11.8. The molecule has 1 unspecified atom stereocenters. The molecule has 0 aliphatic heterocycles. The van der Waals surface area contributed by atoms with Gasteiger partial charge >= 0.3 is 5.97 Å². The van der Waals surface area contributed by atoms with Crippen LogP contribution in [0.15, 0.2) is 0 Å². The van der Waals surface area contributed by atoms with Crippen LogP contribution in [0.3, 0.4) is 0 Å². The summed E-state index contributed by atoms with van der Waals surface area (Å²) >= 11 is 0. The Morgan fingerprint density at radius 2 is 1.74 bits per heavy atom. The molecule has 1 aliphatic carbocycles. The van der Waals surface area contributed by atoms with E-state index in [1.165, 1.54) is 14.0 Å². The van der Waals surface area contributed by atoms with Gasteiger partial charge in [0.05, 0.1) is 13.0 Å². The quantitative estimate of drug-likeness (QED) is 0.722. The first-order chi connectivity index (χ1) is 8.93. The van der Waals surface area contributed by atoms with Gasteiger partial charge in [-0.3, -0.25) is 14.4 Å². The van der Waals surface area contributed by atoms with Gasteiger partial charge in [0, 0.05) is 13.0 Å². The molecule has 6 nitrogen and oxygen atoms in total. The van der Waals surface area contributed by atoms with Crippen molar-refractivity contribution >= 4 is 17.8 Å². The van der Waals surface area contributed by atoms with Crippen molar-refractivity contribution in [3.05, 3.63) is 0 Å². The molecule has 0 spiro atoms. The average Bonchev–Trinajstić information content (AvgIpc) is 2.37. The number of methoxy groups -OCH3 is 1. The molecule has 0 aromatic rings. The summed E-state index contributed by atoms with van der Waals surface area (Å²) in [6, 6.07) is -0.458. The minimum Gasteiger partial charge on any atom is -0.469 e. The molecule has 0 aromatic heterocycles. The number of hydrogen-bond donors (Lipinski definition) is 2. The van der Waals surface area contributed by atoms with E-state index in [-0.39, 0.29) is 29.7 Å². The number of ether oxygens (including phenoxy) is 1. The van der Waals surface area contributed by atoms with Gasteiger partial charge in [-0.1, -0.05) is 0 Å². The molecule has 1 fully saturated rings. The van der Waals surface area contributed by atoms with Gasteiger partial charge in [0.1, 0.15) is 6.04 Å². The van der Waals surface area contributed by atoms with E-state index in [4.69, 9.17) is 4.74 Å². The lowest BCUT2D eigenvalue weighted by molar-refractivity contribution is -0.146. The third-order valence-electron chi connectivity index (χ3n) is 3.42. The first kappa shape index (κ1) is 15.5. The fourth-order valence-electron chi connectivity index (χ4n) is 2.34. The number of nitrogens with one attached hydrogen (secondary N) is 2. The van der Waals surface area contributed by atoms with Crippen LogP contribution in [0.1, 0.15) is 39.5 Å². The summed E-state index contributed by atoms with van der Waals surface area (Å²) in [6.45, 7) is 3.03. The van der Waals surface area contributed by atoms with Crippen LogP contribution in [0, 0.1) is 5.92 Å². The van der Waals surface area contributed by atoms with Crippen molar-refractivity contribution in [2.75, 3.05) is 7.11 Å². The molecule has 2 N–H and O–H groups in total. The average molecular weight is 270 g/mol. The standard InChI is InChI=1S/C13H22N2O4/c1-8(14-9(2)16)12(17)15-11-6-4-10(5-7-11)13(18)19-3/h8,10-11H,4-7H2,1-3H3,(H,14,16)(H,15,17). The van der Waals surface area contributed by atoms with Gasteiger partial charge in [0.2, 0.25) is 11.8 Å². The van der Waals surface area contributed by atoms with Gasteiger partial charge in [-0.15, -0.1) is 0 Å². The highest BCUT2D eigenvalue weighted by atomic mass is 16.5. The number of rotatable bonds is 4. The van der Waals surface area contributed by atoms with Crippen molar-refractivity contribution in [2.24, 2.45) is 5.92 Å². The SMILES string of the molecule is COC(=O)C1CCC(NC(=O)C(C)NC(C)=O)CC1. The van der Waals surface area contributed by atoms with Gasteiger partial charge in [-0.05, 0) is 32.6 Å². The fraction of sp³-hybridized carbons (Fsp3) is 0.769. The Balaban J connectivity index is 2.34. The summed E-state index contributed by atoms with van der Waals surface area (Å²) in [4.78, 5) is 34.0. The smallest absolute Gasteiger partial charge is 0.308 e. The molecule has 0 aromatic carbocycles.